The van der Waals surface area contributed by atoms with Gasteiger partial charge in [0.25, 0.3) is 0 Å². The molecule has 1 aromatic heterocycles. The van der Waals surface area contributed by atoms with Crippen molar-refractivity contribution in [3.63, 3.8) is 0 Å². The highest BCUT2D eigenvalue weighted by Gasteiger charge is 2.03. The maximum Gasteiger partial charge on any atom is 0.373 e. The molecule has 0 amide bonds. The molecule has 0 atom stereocenters. The topological polar surface area (TPSA) is 80.2 Å². The number of aromatic nitrogens is 2. The first-order valence-electron chi connectivity index (χ1n) is 3.72. The van der Waals surface area contributed by atoms with Gasteiger partial charge in [0.2, 0.25) is 5.82 Å². The van der Waals surface area contributed by atoms with Gasteiger partial charge in [-0.05, 0) is 0 Å². The molecule has 70 valence electrons. The normalized spacial score (nSPS) is 8.57. The van der Waals surface area contributed by atoms with Gasteiger partial charge in [0.05, 0.1) is 12.0 Å². The van der Waals surface area contributed by atoms with E-state index in [4.69, 9.17) is 5.11 Å². The van der Waals surface area contributed by atoms with E-state index in [2.05, 4.69) is 21.8 Å². The first-order valence-corrected chi connectivity index (χ1v) is 3.72. The van der Waals surface area contributed by atoms with Crippen LogP contribution in [0.25, 0.3) is 0 Å². The maximum absolute atomic E-state index is 10.4. The van der Waals surface area contributed by atoms with Gasteiger partial charge in [-0.15, -0.1) is 0 Å². The number of aldehydes is 1. The summed E-state index contributed by atoms with van der Waals surface area (Å²) < 4.78 is 0. The third kappa shape index (κ3) is 2.68. The second kappa shape index (κ2) is 4.72. The molecule has 0 aromatic carbocycles. The van der Waals surface area contributed by atoms with Crippen molar-refractivity contribution in [1.29, 1.82) is 0 Å². The van der Waals surface area contributed by atoms with Crippen molar-refractivity contribution in [2.45, 2.75) is 6.42 Å². The van der Waals surface area contributed by atoms with Crippen molar-refractivity contribution >= 4 is 12.3 Å². The highest BCUT2D eigenvalue weighted by molar-refractivity contribution is 5.82. The molecule has 0 unspecified atom stereocenters. The minimum Gasteiger partial charge on any atom is -0.475 e. The molecule has 5 heteroatoms. The third-order valence-electron chi connectivity index (χ3n) is 1.26. The van der Waals surface area contributed by atoms with Crippen molar-refractivity contribution in [2.75, 3.05) is 0 Å². The van der Waals surface area contributed by atoms with Gasteiger partial charge in [0.15, 0.2) is 0 Å². The highest BCUT2D eigenvalue weighted by Crippen LogP contribution is 1.93. The zero-order valence-corrected chi connectivity index (χ0v) is 7.10. The lowest BCUT2D eigenvalue weighted by Gasteiger charge is -1.91. The summed E-state index contributed by atoms with van der Waals surface area (Å²) in [6.07, 6.45) is 3.42. The van der Waals surface area contributed by atoms with E-state index >= 15 is 0 Å². The summed E-state index contributed by atoms with van der Waals surface area (Å²) in [6.45, 7) is 0. The molecule has 0 aliphatic carbocycles. The highest BCUT2D eigenvalue weighted by atomic mass is 16.4. The molecule has 0 aliphatic heterocycles. The van der Waals surface area contributed by atoms with E-state index in [0.717, 1.165) is 0 Å². The van der Waals surface area contributed by atoms with E-state index < -0.39 is 5.97 Å². The predicted octanol–water partition coefficient (Wildman–Crippen LogP) is 0.115. The van der Waals surface area contributed by atoms with Gasteiger partial charge in [-0.2, -0.15) is 0 Å². The molecule has 0 bridgehead atoms. The molecular weight excluding hydrogens is 184 g/mol. The van der Waals surface area contributed by atoms with Crippen LogP contribution in [0.2, 0.25) is 0 Å². The minimum absolute atomic E-state index is 0.140. The van der Waals surface area contributed by atoms with E-state index in [0.29, 0.717) is 11.8 Å². The number of rotatable bonds is 2. The first kappa shape index (κ1) is 9.86. The van der Waals surface area contributed by atoms with Crippen LogP contribution in [0.15, 0.2) is 12.4 Å². The third-order valence-corrected chi connectivity index (χ3v) is 1.26. The summed E-state index contributed by atoms with van der Waals surface area (Å²) >= 11 is 0. The number of carbonyl (C=O) groups is 2. The molecule has 1 heterocycles. The standard InChI is InChI=1S/C9H6N2O3/c12-4-2-1-3-7-5-10-8(9(13)14)11-6-7/h4-6H,2H2,(H,13,14). The SMILES string of the molecule is O=CCC#Cc1cnc(C(=O)O)nc1. The Balaban J connectivity index is 2.80. The number of hydrogen-bond donors (Lipinski definition) is 1. The maximum atomic E-state index is 10.4. The minimum atomic E-state index is -1.18. The van der Waals surface area contributed by atoms with E-state index in [1.54, 1.807) is 0 Å². The van der Waals surface area contributed by atoms with E-state index in [-0.39, 0.29) is 12.2 Å². The van der Waals surface area contributed by atoms with Gasteiger partial charge in [-0.1, -0.05) is 11.8 Å². The molecule has 0 spiro atoms. The van der Waals surface area contributed by atoms with Gasteiger partial charge in [-0.25, -0.2) is 14.8 Å². The van der Waals surface area contributed by atoms with Crippen LogP contribution in [0.5, 0.6) is 0 Å². The molecule has 1 N–H and O–H groups in total. The number of carbonyl (C=O) groups excluding carboxylic acids is 1. The lowest BCUT2D eigenvalue weighted by Crippen LogP contribution is -2.03. The Morgan fingerprint density at radius 1 is 1.50 bits per heavy atom. The summed E-state index contributed by atoms with van der Waals surface area (Å²) in [5, 5.41) is 8.48. The number of nitrogens with zero attached hydrogens (tertiary/aromatic N) is 2. The summed E-state index contributed by atoms with van der Waals surface area (Å²) in [5.41, 5.74) is 0.483. The number of aromatic carboxylic acids is 1. The van der Waals surface area contributed by atoms with Gasteiger partial charge >= 0.3 is 5.97 Å². The van der Waals surface area contributed by atoms with Crippen LogP contribution >= 0.6 is 0 Å². The fourth-order valence-corrected chi connectivity index (χ4v) is 0.698. The molecule has 0 saturated heterocycles. The second-order valence-electron chi connectivity index (χ2n) is 2.27. The zero-order valence-electron chi connectivity index (χ0n) is 7.10. The van der Waals surface area contributed by atoms with Crippen molar-refractivity contribution < 1.29 is 14.7 Å². The van der Waals surface area contributed by atoms with Crippen LogP contribution in [0.1, 0.15) is 22.6 Å². The van der Waals surface area contributed by atoms with Crippen LogP contribution < -0.4 is 0 Å². The van der Waals surface area contributed by atoms with Gasteiger partial charge in [0.1, 0.15) is 6.29 Å². The predicted molar refractivity (Wildman–Crippen MR) is 46.6 cm³/mol. The summed E-state index contributed by atoms with van der Waals surface area (Å²) in [4.78, 5) is 27.4. The van der Waals surface area contributed by atoms with Crippen LogP contribution in [0.4, 0.5) is 0 Å². The average Bonchev–Trinajstić information content (AvgIpc) is 2.19. The Morgan fingerprint density at radius 3 is 2.64 bits per heavy atom. The smallest absolute Gasteiger partial charge is 0.373 e. The molecule has 1 aromatic rings. The summed E-state index contributed by atoms with van der Waals surface area (Å²) in [7, 11) is 0. The second-order valence-corrected chi connectivity index (χ2v) is 2.27. The van der Waals surface area contributed by atoms with Gasteiger partial charge in [0, 0.05) is 12.4 Å². The first-order chi connectivity index (χ1) is 6.74. The summed E-state index contributed by atoms with van der Waals surface area (Å²) in [6, 6.07) is 0. The van der Waals surface area contributed by atoms with Gasteiger partial charge in [-0.3, -0.25) is 0 Å². The Bertz CT molecular complexity index is 400. The van der Waals surface area contributed by atoms with Gasteiger partial charge < -0.3 is 9.90 Å². The van der Waals surface area contributed by atoms with Crippen LogP contribution in [0.3, 0.4) is 0 Å². The number of carboxylic acid groups (broad SMARTS) is 1. The fraction of sp³-hybridized carbons (Fsp3) is 0.111. The Kier molecular flexibility index (Phi) is 3.33. The van der Waals surface area contributed by atoms with Crippen molar-refractivity contribution in [1.82, 2.24) is 9.97 Å². The fourth-order valence-electron chi connectivity index (χ4n) is 0.698. The molecule has 5 nitrogen and oxygen atoms in total. The van der Waals surface area contributed by atoms with Crippen molar-refractivity contribution in [2.24, 2.45) is 0 Å². The van der Waals surface area contributed by atoms with Crippen LogP contribution in [-0.4, -0.2) is 27.3 Å². The number of hydrogen-bond acceptors (Lipinski definition) is 4. The van der Waals surface area contributed by atoms with Crippen LogP contribution in [0, 0.1) is 11.8 Å². The van der Waals surface area contributed by atoms with E-state index in [1.807, 2.05) is 0 Å². The zero-order chi connectivity index (χ0) is 10.4. The van der Waals surface area contributed by atoms with E-state index in [9.17, 15) is 9.59 Å². The molecular formula is C9H6N2O3. The number of carboxylic acids is 1. The van der Waals surface area contributed by atoms with E-state index in [1.165, 1.54) is 12.4 Å². The van der Waals surface area contributed by atoms with Crippen molar-refractivity contribution in [3.05, 3.63) is 23.8 Å². The summed E-state index contributed by atoms with van der Waals surface area (Å²) in [5.74, 6) is 3.71. The average molecular weight is 190 g/mol. The molecule has 14 heavy (non-hydrogen) atoms. The Labute approximate surface area is 79.8 Å². The molecule has 0 aliphatic rings. The molecule has 0 radical (unpaired) electrons. The Hall–Kier alpha value is -2.22. The monoisotopic (exact) mass is 190 g/mol. The quantitative estimate of drug-likeness (QED) is 0.529. The van der Waals surface area contributed by atoms with Crippen molar-refractivity contribution in [3.8, 4) is 11.8 Å². The lowest BCUT2D eigenvalue weighted by atomic mass is 10.3. The molecule has 0 saturated carbocycles. The largest absolute Gasteiger partial charge is 0.475 e. The lowest BCUT2D eigenvalue weighted by molar-refractivity contribution is -0.107. The molecule has 0 fully saturated rings. The molecule has 1 rings (SSSR count). The Morgan fingerprint density at radius 2 is 2.14 bits per heavy atom. The van der Waals surface area contributed by atoms with Crippen LogP contribution in [-0.2, 0) is 4.79 Å².